The highest BCUT2D eigenvalue weighted by Gasteiger charge is 2.67. The van der Waals surface area contributed by atoms with Crippen LogP contribution in [0.1, 0.15) is 16.8 Å². The highest BCUT2D eigenvalue weighted by atomic mass is 19.1. The van der Waals surface area contributed by atoms with E-state index in [4.69, 9.17) is 0 Å². The molecule has 150 valence electrons. The lowest BCUT2D eigenvalue weighted by Crippen LogP contribution is -2.40. The van der Waals surface area contributed by atoms with Gasteiger partial charge in [-0.2, -0.15) is 0 Å². The molecule has 4 aliphatic carbocycles. The van der Waals surface area contributed by atoms with E-state index in [-0.39, 0.29) is 47.2 Å². The van der Waals surface area contributed by atoms with Gasteiger partial charge in [0.05, 0.1) is 17.5 Å². The van der Waals surface area contributed by atoms with Crippen molar-refractivity contribution in [1.29, 1.82) is 0 Å². The SMILES string of the molecule is O=C(Nc1ccc(F)cc1)c1cccc(N2C(=O)[C@@H]3[C@H]4C=C[C@@H]([C@@H]5C[C@@H]45)[C@H]3C2=O)c1. The molecule has 2 aromatic rings. The summed E-state index contributed by atoms with van der Waals surface area (Å²) in [7, 11) is 0. The third-order valence-electron chi connectivity index (χ3n) is 7.13. The predicted molar refractivity (Wildman–Crippen MR) is 108 cm³/mol. The van der Waals surface area contributed by atoms with Gasteiger partial charge in [0.25, 0.3) is 5.91 Å². The van der Waals surface area contributed by atoms with E-state index in [9.17, 15) is 18.8 Å². The van der Waals surface area contributed by atoms with Gasteiger partial charge in [-0.15, -0.1) is 0 Å². The van der Waals surface area contributed by atoms with Crippen LogP contribution in [0.4, 0.5) is 15.8 Å². The van der Waals surface area contributed by atoms with Crippen molar-refractivity contribution in [3.8, 4) is 0 Å². The van der Waals surface area contributed by atoms with E-state index in [1.54, 1.807) is 24.3 Å². The Balaban J connectivity index is 1.28. The summed E-state index contributed by atoms with van der Waals surface area (Å²) in [4.78, 5) is 40.4. The topological polar surface area (TPSA) is 66.5 Å². The van der Waals surface area contributed by atoms with E-state index in [1.165, 1.54) is 29.2 Å². The second-order valence-corrected chi connectivity index (χ2v) is 8.68. The van der Waals surface area contributed by atoms with Gasteiger partial charge < -0.3 is 5.32 Å². The third-order valence-corrected chi connectivity index (χ3v) is 7.13. The van der Waals surface area contributed by atoms with Crippen LogP contribution in [0.2, 0.25) is 0 Å². The molecule has 5 aliphatic rings. The number of nitrogens with zero attached hydrogens (tertiary/aromatic N) is 1. The number of nitrogens with one attached hydrogen (secondary N) is 1. The predicted octanol–water partition coefficient (Wildman–Crippen LogP) is 3.64. The summed E-state index contributed by atoms with van der Waals surface area (Å²) in [6.45, 7) is 0. The fourth-order valence-corrected chi connectivity index (χ4v) is 5.73. The molecule has 0 unspecified atom stereocenters. The normalized spacial score (nSPS) is 32.8. The number of halogens is 1. The number of anilines is 2. The largest absolute Gasteiger partial charge is 0.322 e. The fraction of sp³-hybridized carbons (Fsp3) is 0.292. The van der Waals surface area contributed by atoms with Gasteiger partial charge in [-0.3, -0.25) is 14.4 Å². The molecule has 2 saturated carbocycles. The van der Waals surface area contributed by atoms with E-state index >= 15 is 0 Å². The molecule has 1 aliphatic heterocycles. The van der Waals surface area contributed by atoms with Crippen molar-refractivity contribution in [3.05, 3.63) is 72.1 Å². The lowest BCUT2D eigenvalue weighted by Gasteiger charge is -2.37. The molecule has 6 atom stereocenters. The minimum absolute atomic E-state index is 0.147. The van der Waals surface area contributed by atoms with Gasteiger partial charge in [0, 0.05) is 11.3 Å². The molecule has 1 saturated heterocycles. The van der Waals surface area contributed by atoms with Gasteiger partial charge >= 0.3 is 0 Å². The number of carbonyl (C=O) groups is 3. The smallest absolute Gasteiger partial charge is 0.255 e. The molecule has 0 aromatic heterocycles. The zero-order valence-corrected chi connectivity index (χ0v) is 16.0. The number of hydrogen-bond acceptors (Lipinski definition) is 3. The molecule has 2 bridgehead atoms. The molecule has 3 fully saturated rings. The van der Waals surface area contributed by atoms with Crippen molar-refractivity contribution in [3.63, 3.8) is 0 Å². The van der Waals surface area contributed by atoms with Gasteiger partial charge in [-0.25, -0.2) is 9.29 Å². The van der Waals surface area contributed by atoms with Gasteiger partial charge in [0.1, 0.15) is 5.82 Å². The number of allylic oxidation sites excluding steroid dienone is 2. The summed E-state index contributed by atoms with van der Waals surface area (Å²) in [6.07, 6.45) is 5.40. The van der Waals surface area contributed by atoms with Gasteiger partial charge in [0.2, 0.25) is 11.8 Å². The minimum atomic E-state index is -0.386. The summed E-state index contributed by atoms with van der Waals surface area (Å²) in [5.74, 6) is -0.187. The molecule has 7 rings (SSSR count). The number of rotatable bonds is 3. The van der Waals surface area contributed by atoms with Crippen molar-refractivity contribution in [2.24, 2.45) is 35.5 Å². The molecule has 1 N–H and O–H groups in total. The number of amides is 3. The van der Waals surface area contributed by atoms with Gasteiger partial charge in [-0.1, -0.05) is 18.2 Å². The average molecular weight is 402 g/mol. The van der Waals surface area contributed by atoms with Crippen LogP contribution in [0.25, 0.3) is 0 Å². The molecule has 0 spiro atoms. The van der Waals surface area contributed by atoms with Crippen LogP contribution in [0.5, 0.6) is 0 Å². The highest BCUT2D eigenvalue weighted by Crippen LogP contribution is 2.65. The van der Waals surface area contributed by atoms with Crippen LogP contribution in [-0.2, 0) is 9.59 Å². The van der Waals surface area contributed by atoms with Crippen LogP contribution < -0.4 is 10.2 Å². The maximum atomic E-state index is 13.2. The summed E-state index contributed by atoms with van der Waals surface area (Å²) >= 11 is 0. The van der Waals surface area contributed by atoms with Gasteiger partial charge in [-0.05, 0) is 72.6 Å². The van der Waals surface area contributed by atoms with Crippen molar-refractivity contribution in [1.82, 2.24) is 0 Å². The summed E-state index contributed by atoms with van der Waals surface area (Å²) in [6, 6.07) is 12.0. The van der Waals surface area contributed by atoms with Crippen LogP contribution in [-0.4, -0.2) is 17.7 Å². The lowest BCUT2D eigenvalue weighted by atomic mass is 9.63. The second kappa shape index (κ2) is 6.11. The maximum Gasteiger partial charge on any atom is 0.255 e. The Morgan fingerprint density at radius 2 is 1.57 bits per heavy atom. The molecule has 30 heavy (non-hydrogen) atoms. The van der Waals surface area contributed by atoms with E-state index in [0.717, 1.165) is 6.42 Å². The molecule has 3 amide bonds. The van der Waals surface area contributed by atoms with E-state index in [1.807, 2.05) is 0 Å². The Bertz CT molecular complexity index is 1090. The molecular weight excluding hydrogens is 383 g/mol. The molecular formula is C24H19FN2O3. The Morgan fingerprint density at radius 1 is 0.933 bits per heavy atom. The highest BCUT2D eigenvalue weighted by molar-refractivity contribution is 6.23. The number of carbonyl (C=O) groups excluding carboxylic acids is 3. The fourth-order valence-electron chi connectivity index (χ4n) is 5.73. The Kier molecular flexibility index (Phi) is 3.58. The zero-order valence-electron chi connectivity index (χ0n) is 16.0. The first-order valence-electron chi connectivity index (χ1n) is 10.3. The molecule has 5 nitrogen and oxygen atoms in total. The van der Waals surface area contributed by atoms with Crippen molar-refractivity contribution < 1.29 is 18.8 Å². The molecule has 2 aromatic carbocycles. The number of hydrogen-bond donors (Lipinski definition) is 1. The monoisotopic (exact) mass is 402 g/mol. The molecule has 6 heteroatoms. The minimum Gasteiger partial charge on any atom is -0.322 e. The zero-order chi connectivity index (χ0) is 20.6. The van der Waals surface area contributed by atoms with E-state index in [2.05, 4.69) is 17.5 Å². The summed E-state index contributed by atoms with van der Waals surface area (Å²) < 4.78 is 13.1. The Hall–Kier alpha value is -3.28. The third kappa shape index (κ3) is 2.43. The van der Waals surface area contributed by atoms with E-state index < -0.39 is 0 Å². The van der Waals surface area contributed by atoms with E-state index in [0.29, 0.717) is 28.8 Å². The average Bonchev–Trinajstić information content (AvgIpc) is 3.53. The van der Waals surface area contributed by atoms with Crippen molar-refractivity contribution >= 4 is 29.1 Å². The summed E-state index contributed by atoms with van der Waals surface area (Å²) in [5, 5.41) is 2.71. The van der Waals surface area contributed by atoms with Crippen molar-refractivity contribution in [2.75, 3.05) is 10.2 Å². The van der Waals surface area contributed by atoms with Gasteiger partial charge in [0.15, 0.2) is 0 Å². The first-order valence-corrected chi connectivity index (χ1v) is 10.3. The number of imide groups is 1. The maximum absolute atomic E-state index is 13.2. The van der Waals surface area contributed by atoms with Crippen LogP contribution >= 0.6 is 0 Å². The second-order valence-electron chi connectivity index (χ2n) is 8.68. The summed E-state index contributed by atoms with van der Waals surface area (Å²) in [5.41, 5.74) is 1.23. The Labute approximate surface area is 172 Å². The standard InChI is InChI=1S/C24H19FN2O3/c25-13-4-6-14(7-5-13)26-22(28)12-2-1-3-15(10-12)27-23(29)20-16-8-9-17(19-11-18(16)19)21(20)24(27)30/h1-10,16-21H,11H2,(H,26,28)/t16-,17-,18-,19-,20+,21+/m0/s1. The molecule has 1 heterocycles. The van der Waals surface area contributed by atoms with Crippen LogP contribution in [0.3, 0.4) is 0 Å². The quantitative estimate of drug-likeness (QED) is 0.630. The lowest BCUT2D eigenvalue weighted by molar-refractivity contribution is -0.124. The molecule has 0 radical (unpaired) electrons. The first kappa shape index (κ1) is 17.6. The number of benzene rings is 2. The van der Waals surface area contributed by atoms with Crippen LogP contribution in [0, 0.1) is 41.3 Å². The Morgan fingerprint density at radius 3 is 2.20 bits per heavy atom. The first-order chi connectivity index (χ1) is 14.5. The van der Waals surface area contributed by atoms with Crippen LogP contribution in [0.15, 0.2) is 60.7 Å². The van der Waals surface area contributed by atoms with Crippen molar-refractivity contribution in [2.45, 2.75) is 6.42 Å².